The summed E-state index contributed by atoms with van der Waals surface area (Å²) in [6, 6.07) is 7.91. The summed E-state index contributed by atoms with van der Waals surface area (Å²) in [5.41, 5.74) is 1.58. The lowest BCUT2D eigenvalue weighted by Gasteiger charge is -2.51. The zero-order valence-electron chi connectivity index (χ0n) is 12.8. The number of aromatic nitrogens is 1. The van der Waals surface area contributed by atoms with Gasteiger partial charge in [0.05, 0.1) is 17.2 Å². The predicted octanol–water partition coefficient (Wildman–Crippen LogP) is 3.10. The van der Waals surface area contributed by atoms with Gasteiger partial charge in [0.2, 0.25) is 0 Å². The standard InChI is InChI=1S/C17H22N2O2/c1-4-21-14-10-13(17(14,2)3)19-16(20)12-7-5-6-11-8-9-18-15(11)12/h5-9,13-14,18H,4,10H2,1-3H3,(H,19,20). The van der Waals surface area contributed by atoms with Crippen LogP contribution in [0, 0.1) is 5.41 Å². The van der Waals surface area contributed by atoms with Gasteiger partial charge in [0.15, 0.2) is 0 Å². The molecule has 0 spiro atoms. The molecular weight excluding hydrogens is 264 g/mol. The van der Waals surface area contributed by atoms with Crippen molar-refractivity contribution in [3.63, 3.8) is 0 Å². The van der Waals surface area contributed by atoms with E-state index in [1.54, 1.807) is 0 Å². The molecule has 4 heteroatoms. The van der Waals surface area contributed by atoms with Gasteiger partial charge >= 0.3 is 0 Å². The third-order valence-electron chi connectivity index (χ3n) is 4.68. The molecule has 1 fully saturated rings. The normalized spacial score (nSPS) is 23.8. The van der Waals surface area contributed by atoms with Gasteiger partial charge in [-0.15, -0.1) is 0 Å². The van der Waals surface area contributed by atoms with Crippen molar-refractivity contribution in [3.8, 4) is 0 Å². The van der Waals surface area contributed by atoms with E-state index in [9.17, 15) is 4.79 Å². The van der Waals surface area contributed by atoms with Crippen LogP contribution < -0.4 is 5.32 Å². The Morgan fingerprint density at radius 3 is 2.95 bits per heavy atom. The van der Waals surface area contributed by atoms with Gasteiger partial charge in [-0.2, -0.15) is 0 Å². The highest BCUT2D eigenvalue weighted by Gasteiger charge is 2.49. The van der Waals surface area contributed by atoms with E-state index in [2.05, 4.69) is 24.1 Å². The van der Waals surface area contributed by atoms with Crippen molar-refractivity contribution in [3.05, 3.63) is 36.0 Å². The Kier molecular flexibility index (Phi) is 3.49. The summed E-state index contributed by atoms with van der Waals surface area (Å²) in [5, 5.41) is 4.21. The minimum absolute atomic E-state index is 0.0175. The lowest BCUT2D eigenvalue weighted by Crippen LogP contribution is -2.62. The van der Waals surface area contributed by atoms with Gasteiger partial charge < -0.3 is 15.0 Å². The van der Waals surface area contributed by atoms with Crippen LogP contribution in [0.25, 0.3) is 10.9 Å². The molecule has 3 rings (SSSR count). The average Bonchev–Trinajstić information content (AvgIpc) is 2.94. The van der Waals surface area contributed by atoms with Crippen LogP contribution in [-0.4, -0.2) is 29.6 Å². The van der Waals surface area contributed by atoms with Crippen LogP contribution in [0.3, 0.4) is 0 Å². The fourth-order valence-electron chi connectivity index (χ4n) is 3.12. The fraction of sp³-hybridized carbons (Fsp3) is 0.471. The molecule has 4 nitrogen and oxygen atoms in total. The number of hydrogen-bond donors (Lipinski definition) is 2. The van der Waals surface area contributed by atoms with Crippen molar-refractivity contribution < 1.29 is 9.53 Å². The highest BCUT2D eigenvalue weighted by atomic mass is 16.5. The number of H-pyrrole nitrogens is 1. The van der Waals surface area contributed by atoms with Crippen molar-refractivity contribution >= 4 is 16.8 Å². The average molecular weight is 286 g/mol. The van der Waals surface area contributed by atoms with Crippen molar-refractivity contribution in [2.24, 2.45) is 5.41 Å². The Bertz CT molecular complexity index is 660. The molecule has 1 amide bonds. The number of nitrogens with one attached hydrogen (secondary N) is 2. The highest BCUT2D eigenvalue weighted by molar-refractivity contribution is 6.05. The number of amides is 1. The largest absolute Gasteiger partial charge is 0.378 e. The van der Waals surface area contributed by atoms with Gasteiger partial charge in [0.1, 0.15) is 0 Å². The van der Waals surface area contributed by atoms with Crippen molar-refractivity contribution in [2.75, 3.05) is 6.61 Å². The molecule has 2 aromatic rings. The molecule has 0 aliphatic heterocycles. The second-order valence-corrected chi connectivity index (χ2v) is 6.27. The number of carbonyl (C=O) groups excluding carboxylic acids is 1. The van der Waals surface area contributed by atoms with Gasteiger partial charge in [0.25, 0.3) is 5.91 Å². The van der Waals surface area contributed by atoms with Crippen LogP contribution in [0.1, 0.15) is 37.6 Å². The van der Waals surface area contributed by atoms with Gasteiger partial charge in [-0.1, -0.05) is 26.0 Å². The number of para-hydroxylation sites is 1. The van der Waals surface area contributed by atoms with E-state index in [0.29, 0.717) is 5.56 Å². The maximum atomic E-state index is 12.5. The topological polar surface area (TPSA) is 54.1 Å². The lowest BCUT2D eigenvalue weighted by molar-refractivity contribution is -0.111. The number of hydrogen-bond acceptors (Lipinski definition) is 2. The number of aromatic amines is 1. The molecule has 1 aromatic carbocycles. The Balaban J connectivity index is 1.75. The highest BCUT2D eigenvalue weighted by Crippen LogP contribution is 2.42. The van der Waals surface area contributed by atoms with Crippen LogP contribution >= 0.6 is 0 Å². The summed E-state index contributed by atoms with van der Waals surface area (Å²) in [7, 11) is 0. The van der Waals surface area contributed by atoms with Gasteiger partial charge in [-0.05, 0) is 25.5 Å². The molecule has 2 atom stereocenters. The molecule has 1 aromatic heterocycles. The van der Waals surface area contributed by atoms with E-state index >= 15 is 0 Å². The summed E-state index contributed by atoms with van der Waals surface area (Å²) in [4.78, 5) is 15.7. The first-order valence-corrected chi connectivity index (χ1v) is 7.52. The van der Waals surface area contributed by atoms with Crippen LogP contribution in [0.5, 0.6) is 0 Å². The number of rotatable bonds is 4. The summed E-state index contributed by atoms with van der Waals surface area (Å²) in [5.74, 6) is -0.0175. The number of ether oxygens (including phenoxy) is 1. The summed E-state index contributed by atoms with van der Waals surface area (Å²) < 4.78 is 5.71. The molecule has 2 N–H and O–H groups in total. The molecule has 112 valence electrons. The molecule has 0 bridgehead atoms. The molecule has 1 saturated carbocycles. The van der Waals surface area contributed by atoms with Crippen LogP contribution in [0.2, 0.25) is 0 Å². The summed E-state index contributed by atoms with van der Waals surface area (Å²) >= 11 is 0. The zero-order chi connectivity index (χ0) is 15.0. The van der Waals surface area contributed by atoms with Crippen LogP contribution in [-0.2, 0) is 4.74 Å². The number of benzene rings is 1. The first kappa shape index (κ1) is 14.1. The first-order valence-electron chi connectivity index (χ1n) is 7.52. The molecule has 1 aliphatic carbocycles. The third kappa shape index (κ3) is 2.33. The second-order valence-electron chi connectivity index (χ2n) is 6.27. The predicted molar refractivity (Wildman–Crippen MR) is 83.4 cm³/mol. The molecular formula is C17H22N2O2. The van der Waals surface area contributed by atoms with E-state index < -0.39 is 0 Å². The van der Waals surface area contributed by atoms with E-state index in [4.69, 9.17) is 4.74 Å². The van der Waals surface area contributed by atoms with E-state index in [1.807, 2.05) is 37.4 Å². The maximum Gasteiger partial charge on any atom is 0.253 e. The minimum Gasteiger partial charge on any atom is -0.378 e. The Labute approximate surface area is 124 Å². The molecule has 21 heavy (non-hydrogen) atoms. The first-order chi connectivity index (χ1) is 10.0. The van der Waals surface area contributed by atoms with Crippen molar-refractivity contribution in [2.45, 2.75) is 39.3 Å². The zero-order valence-corrected chi connectivity index (χ0v) is 12.8. The van der Waals surface area contributed by atoms with E-state index in [0.717, 1.165) is 23.9 Å². The van der Waals surface area contributed by atoms with Crippen molar-refractivity contribution in [1.29, 1.82) is 0 Å². The van der Waals surface area contributed by atoms with E-state index in [1.165, 1.54) is 0 Å². The van der Waals surface area contributed by atoms with Gasteiger partial charge in [0, 0.05) is 29.6 Å². The number of fused-ring (bicyclic) bond motifs is 1. The molecule has 2 unspecified atom stereocenters. The molecule has 0 saturated heterocycles. The summed E-state index contributed by atoms with van der Waals surface area (Å²) in [6.07, 6.45) is 2.97. The lowest BCUT2D eigenvalue weighted by atomic mass is 9.64. The number of carbonyl (C=O) groups is 1. The Hall–Kier alpha value is -1.81. The monoisotopic (exact) mass is 286 g/mol. The maximum absolute atomic E-state index is 12.5. The quantitative estimate of drug-likeness (QED) is 0.907. The van der Waals surface area contributed by atoms with Crippen LogP contribution in [0.15, 0.2) is 30.5 Å². The smallest absolute Gasteiger partial charge is 0.253 e. The minimum atomic E-state index is -0.0186. The van der Waals surface area contributed by atoms with Gasteiger partial charge in [-0.25, -0.2) is 0 Å². The molecule has 1 heterocycles. The second kappa shape index (κ2) is 5.19. The van der Waals surface area contributed by atoms with Gasteiger partial charge in [-0.3, -0.25) is 4.79 Å². The molecule has 0 radical (unpaired) electrons. The summed E-state index contributed by atoms with van der Waals surface area (Å²) in [6.45, 7) is 7.03. The third-order valence-corrected chi connectivity index (χ3v) is 4.68. The van der Waals surface area contributed by atoms with E-state index in [-0.39, 0.29) is 23.5 Å². The SMILES string of the molecule is CCOC1CC(NC(=O)c2cccc3cc[nH]c23)C1(C)C. The van der Waals surface area contributed by atoms with Crippen molar-refractivity contribution in [1.82, 2.24) is 10.3 Å². The Morgan fingerprint density at radius 2 is 2.24 bits per heavy atom. The molecule has 1 aliphatic rings. The van der Waals surface area contributed by atoms with Crippen LogP contribution in [0.4, 0.5) is 0 Å². The fourth-order valence-corrected chi connectivity index (χ4v) is 3.12. The Morgan fingerprint density at radius 1 is 1.43 bits per heavy atom.